The number of nitrogens with zero attached hydrogens (tertiary/aromatic N) is 5. The van der Waals surface area contributed by atoms with E-state index in [0.717, 1.165) is 23.9 Å². The molecule has 3 aromatic heterocycles. The lowest BCUT2D eigenvalue weighted by molar-refractivity contribution is 0.0252. The SMILES string of the molecule is Cn1cc(-c2cn3nccc3c(OC3CCCN(C(=O)OC(C)(C)C)CC3)n2)ccc1=O. The first-order valence-electron chi connectivity index (χ1n) is 10.9. The van der Waals surface area contributed by atoms with Gasteiger partial charge in [-0.2, -0.15) is 5.10 Å². The summed E-state index contributed by atoms with van der Waals surface area (Å²) in [7, 11) is 1.71. The molecule has 1 atom stereocenters. The Morgan fingerprint density at radius 2 is 1.94 bits per heavy atom. The van der Waals surface area contributed by atoms with Crippen molar-refractivity contribution in [2.75, 3.05) is 13.1 Å². The fraction of sp³-hybridized carbons (Fsp3) is 0.478. The summed E-state index contributed by atoms with van der Waals surface area (Å²) in [5.74, 6) is 0.490. The minimum Gasteiger partial charge on any atom is -0.473 e. The van der Waals surface area contributed by atoms with Gasteiger partial charge in [-0.25, -0.2) is 14.3 Å². The van der Waals surface area contributed by atoms with E-state index in [1.54, 1.807) is 34.9 Å². The van der Waals surface area contributed by atoms with E-state index in [2.05, 4.69) is 5.10 Å². The summed E-state index contributed by atoms with van der Waals surface area (Å²) >= 11 is 0. The number of likely N-dealkylation sites (tertiary alicyclic amines) is 1. The zero-order valence-electron chi connectivity index (χ0n) is 18.9. The Bertz CT molecular complexity index is 1180. The molecule has 4 rings (SSSR count). The van der Waals surface area contributed by atoms with Gasteiger partial charge in [0.2, 0.25) is 11.4 Å². The highest BCUT2D eigenvalue weighted by Crippen LogP contribution is 2.26. The van der Waals surface area contributed by atoms with E-state index in [1.165, 1.54) is 10.6 Å². The molecule has 1 saturated heterocycles. The van der Waals surface area contributed by atoms with Gasteiger partial charge in [-0.1, -0.05) is 0 Å². The van der Waals surface area contributed by atoms with Gasteiger partial charge in [0, 0.05) is 44.4 Å². The molecule has 0 saturated carbocycles. The van der Waals surface area contributed by atoms with Crippen LogP contribution < -0.4 is 10.3 Å². The predicted molar refractivity (Wildman–Crippen MR) is 120 cm³/mol. The van der Waals surface area contributed by atoms with Crippen molar-refractivity contribution in [2.45, 2.75) is 51.7 Å². The maximum absolute atomic E-state index is 12.4. The second-order valence-corrected chi connectivity index (χ2v) is 9.10. The fourth-order valence-corrected chi connectivity index (χ4v) is 3.72. The van der Waals surface area contributed by atoms with E-state index >= 15 is 0 Å². The van der Waals surface area contributed by atoms with Gasteiger partial charge in [0.15, 0.2) is 0 Å². The molecule has 0 spiro atoms. The zero-order valence-corrected chi connectivity index (χ0v) is 18.9. The molecule has 3 aromatic rings. The van der Waals surface area contributed by atoms with Crippen LogP contribution >= 0.6 is 0 Å². The molecule has 1 fully saturated rings. The third-order valence-corrected chi connectivity index (χ3v) is 5.34. The normalized spacial score (nSPS) is 17.2. The summed E-state index contributed by atoms with van der Waals surface area (Å²) in [4.78, 5) is 30.7. The third kappa shape index (κ3) is 4.92. The molecule has 1 amide bonds. The third-order valence-electron chi connectivity index (χ3n) is 5.34. The van der Waals surface area contributed by atoms with Gasteiger partial charge in [-0.05, 0) is 45.7 Å². The first-order valence-corrected chi connectivity index (χ1v) is 10.9. The van der Waals surface area contributed by atoms with Gasteiger partial charge < -0.3 is 18.9 Å². The van der Waals surface area contributed by atoms with Gasteiger partial charge in [0.05, 0.1) is 18.1 Å². The van der Waals surface area contributed by atoms with E-state index in [-0.39, 0.29) is 17.8 Å². The number of hydrogen-bond donors (Lipinski definition) is 0. The van der Waals surface area contributed by atoms with Crippen molar-refractivity contribution in [3.05, 3.63) is 47.1 Å². The van der Waals surface area contributed by atoms with Crippen molar-refractivity contribution in [1.82, 2.24) is 24.1 Å². The average molecular weight is 440 g/mol. The summed E-state index contributed by atoms with van der Waals surface area (Å²) in [6.07, 6.45) is 7.21. The molecule has 32 heavy (non-hydrogen) atoms. The van der Waals surface area contributed by atoms with Crippen LogP contribution in [0, 0.1) is 0 Å². The molecule has 1 aliphatic heterocycles. The Labute approximate surface area is 186 Å². The predicted octanol–water partition coefficient (Wildman–Crippen LogP) is 3.26. The highest BCUT2D eigenvalue weighted by atomic mass is 16.6. The molecule has 0 aromatic carbocycles. The van der Waals surface area contributed by atoms with E-state index in [4.69, 9.17) is 14.5 Å². The van der Waals surface area contributed by atoms with Crippen LogP contribution in [0.25, 0.3) is 16.8 Å². The Hall–Kier alpha value is -3.36. The summed E-state index contributed by atoms with van der Waals surface area (Å²) in [5.41, 5.74) is 1.63. The minimum atomic E-state index is -0.516. The summed E-state index contributed by atoms with van der Waals surface area (Å²) in [6, 6.07) is 5.12. The molecule has 0 bridgehead atoms. The van der Waals surface area contributed by atoms with E-state index in [1.807, 2.05) is 33.0 Å². The van der Waals surface area contributed by atoms with Crippen molar-refractivity contribution in [3.8, 4) is 17.1 Å². The topological polar surface area (TPSA) is 91.0 Å². The minimum absolute atomic E-state index is 0.0796. The fourth-order valence-electron chi connectivity index (χ4n) is 3.72. The number of fused-ring (bicyclic) bond motifs is 1. The first kappa shape index (κ1) is 21.9. The Morgan fingerprint density at radius 1 is 1.12 bits per heavy atom. The number of carbonyl (C=O) groups is 1. The van der Waals surface area contributed by atoms with Crippen LogP contribution in [0.1, 0.15) is 40.0 Å². The van der Waals surface area contributed by atoms with Crippen molar-refractivity contribution in [3.63, 3.8) is 0 Å². The summed E-state index contributed by atoms with van der Waals surface area (Å²) in [5, 5.41) is 4.35. The Kier molecular flexibility index (Phi) is 5.90. The van der Waals surface area contributed by atoms with Crippen molar-refractivity contribution in [2.24, 2.45) is 7.05 Å². The van der Waals surface area contributed by atoms with Crippen LogP contribution in [0.3, 0.4) is 0 Å². The second-order valence-electron chi connectivity index (χ2n) is 9.10. The van der Waals surface area contributed by atoms with Crippen LogP contribution in [0.2, 0.25) is 0 Å². The van der Waals surface area contributed by atoms with Crippen LogP contribution in [0.4, 0.5) is 4.79 Å². The summed E-state index contributed by atoms with van der Waals surface area (Å²) in [6.45, 7) is 6.82. The maximum atomic E-state index is 12.4. The van der Waals surface area contributed by atoms with Crippen LogP contribution in [-0.4, -0.2) is 55.0 Å². The summed E-state index contributed by atoms with van der Waals surface area (Å²) < 4.78 is 15.1. The van der Waals surface area contributed by atoms with Crippen LogP contribution in [0.5, 0.6) is 5.88 Å². The Balaban J connectivity index is 1.54. The van der Waals surface area contributed by atoms with Crippen molar-refractivity contribution >= 4 is 11.6 Å². The highest BCUT2D eigenvalue weighted by molar-refractivity contribution is 5.68. The molecule has 4 heterocycles. The molecule has 9 heteroatoms. The van der Waals surface area contributed by atoms with Gasteiger partial charge in [0.1, 0.15) is 17.2 Å². The average Bonchev–Trinajstić information content (AvgIpc) is 3.07. The number of rotatable bonds is 3. The maximum Gasteiger partial charge on any atom is 0.410 e. The zero-order chi connectivity index (χ0) is 22.9. The first-order chi connectivity index (χ1) is 15.2. The molecular formula is C23H29N5O4. The van der Waals surface area contributed by atoms with Gasteiger partial charge >= 0.3 is 6.09 Å². The molecule has 0 radical (unpaired) electrons. The van der Waals surface area contributed by atoms with Gasteiger partial charge in [-0.3, -0.25) is 4.79 Å². The van der Waals surface area contributed by atoms with Gasteiger partial charge in [0.25, 0.3) is 0 Å². The number of aryl methyl sites for hydroxylation is 1. The smallest absolute Gasteiger partial charge is 0.410 e. The monoisotopic (exact) mass is 439 g/mol. The lowest BCUT2D eigenvalue weighted by Gasteiger charge is -2.26. The van der Waals surface area contributed by atoms with Crippen molar-refractivity contribution in [1.29, 1.82) is 0 Å². The molecule has 0 aliphatic carbocycles. The van der Waals surface area contributed by atoms with Gasteiger partial charge in [-0.15, -0.1) is 0 Å². The number of ether oxygens (including phenoxy) is 2. The van der Waals surface area contributed by atoms with E-state index < -0.39 is 5.60 Å². The number of hydrogen-bond acceptors (Lipinski definition) is 6. The van der Waals surface area contributed by atoms with Crippen LogP contribution in [0.15, 0.2) is 41.6 Å². The molecule has 9 nitrogen and oxygen atoms in total. The standard InChI is InChI=1S/C23H29N5O4/c1-23(2,3)32-22(30)27-12-5-6-17(10-13-27)31-21-19-9-11-24-28(19)15-18(25-21)16-7-8-20(29)26(4)14-16/h7-9,11,14-15,17H,5-6,10,12-13H2,1-4H3. The molecule has 1 unspecified atom stereocenters. The molecule has 0 N–H and O–H groups in total. The molecule has 1 aliphatic rings. The largest absolute Gasteiger partial charge is 0.473 e. The van der Waals surface area contributed by atoms with E-state index in [0.29, 0.717) is 31.1 Å². The number of pyridine rings is 1. The second kappa shape index (κ2) is 8.64. The lowest BCUT2D eigenvalue weighted by atomic mass is 10.1. The highest BCUT2D eigenvalue weighted by Gasteiger charge is 2.26. The lowest BCUT2D eigenvalue weighted by Crippen LogP contribution is -2.37. The van der Waals surface area contributed by atoms with E-state index in [9.17, 15) is 9.59 Å². The van der Waals surface area contributed by atoms with Crippen molar-refractivity contribution < 1.29 is 14.3 Å². The number of carbonyl (C=O) groups excluding carboxylic acids is 1. The number of amides is 1. The molecule has 170 valence electrons. The van der Waals surface area contributed by atoms with Crippen LogP contribution in [-0.2, 0) is 11.8 Å². The Morgan fingerprint density at radius 3 is 2.69 bits per heavy atom. The quantitative estimate of drug-likeness (QED) is 0.622. The number of aromatic nitrogens is 4. The molecular weight excluding hydrogens is 410 g/mol.